The summed E-state index contributed by atoms with van der Waals surface area (Å²) in [6, 6.07) is 14.2. The number of aromatic nitrogens is 1. The molecule has 0 atom stereocenters. The van der Waals surface area contributed by atoms with Gasteiger partial charge in [0.25, 0.3) is 0 Å². The highest BCUT2D eigenvalue weighted by atomic mass is 35.5. The molecule has 1 aliphatic heterocycles. The smallest absolute Gasteiger partial charge is 0.222 e. The number of rotatable bonds is 6. The first-order valence-corrected chi connectivity index (χ1v) is 12.6. The van der Waals surface area contributed by atoms with E-state index in [-0.39, 0.29) is 23.0 Å². The molecule has 0 N–H and O–H groups in total. The minimum absolute atomic E-state index is 0.00487. The average Bonchev–Trinajstić information content (AvgIpc) is 3.18. The Morgan fingerprint density at radius 1 is 1.03 bits per heavy atom. The highest BCUT2D eigenvalue weighted by molar-refractivity contribution is 7.91. The number of halogens is 1. The molecule has 158 valence electrons. The van der Waals surface area contributed by atoms with E-state index in [4.69, 9.17) is 11.6 Å². The lowest BCUT2D eigenvalue weighted by Crippen LogP contribution is -2.48. The number of nitrogens with zero attached hydrogens (tertiary/aromatic N) is 3. The van der Waals surface area contributed by atoms with Gasteiger partial charge < -0.3 is 9.80 Å². The van der Waals surface area contributed by atoms with Gasteiger partial charge in [0.1, 0.15) is 0 Å². The van der Waals surface area contributed by atoms with Crippen LogP contribution >= 0.6 is 22.9 Å². The molecule has 30 heavy (non-hydrogen) atoms. The zero-order valence-electron chi connectivity index (χ0n) is 16.3. The van der Waals surface area contributed by atoms with E-state index < -0.39 is 9.84 Å². The van der Waals surface area contributed by atoms with E-state index in [1.165, 1.54) is 12.1 Å². The minimum Gasteiger partial charge on any atom is -0.345 e. The van der Waals surface area contributed by atoms with Crippen molar-refractivity contribution in [1.82, 2.24) is 9.88 Å². The number of hydrogen-bond acceptors (Lipinski definition) is 6. The van der Waals surface area contributed by atoms with Gasteiger partial charge in [-0.05, 0) is 42.8 Å². The van der Waals surface area contributed by atoms with E-state index in [1.54, 1.807) is 23.5 Å². The van der Waals surface area contributed by atoms with Crippen LogP contribution in [-0.2, 0) is 14.6 Å². The van der Waals surface area contributed by atoms with Gasteiger partial charge >= 0.3 is 0 Å². The Hall–Kier alpha value is -2.16. The van der Waals surface area contributed by atoms with Crippen molar-refractivity contribution in [3.8, 4) is 0 Å². The molecule has 0 unspecified atom stereocenters. The van der Waals surface area contributed by atoms with Gasteiger partial charge in [-0.2, -0.15) is 0 Å². The molecule has 1 amide bonds. The molecule has 0 bridgehead atoms. The molecule has 1 aromatic heterocycles. The van der Waals surface area contributed by atoms with Crippen LogP contribution in [0.4, 0.5) is 5.13 Å². The number of thiazole rings is 1. The number of anilines is 1. The molecular weight excluding hydrogens is 442 g/mol. The number of carbonyl (C=O) groups is 1. The Labute approximate surface area is 185 Å². The maximum atomic E-state index is 12.5. The number of fused-ring (bicyclic) bond motifs is 1. The van der Waals surface area contributed by atoms with Crippen molar-refractivity contribution in [2.45, 2.75) is 17.7 Å². The van der Waals surface area contributed by atoms with Crippen molar-refractivity contribution in [3.63, 3.8) is 0 Å². The maximum absolute atomic E-state index is 12.5. The first-order valence-electron chi connectivity index (χ1n) is 9.79. The zero-order valence-corrected chi connectivity index (χ0v) is 18.7. The predicted molar refractivity (Wildman–Crippen MR) is 121 cm³/mol. The molecule has 4 rings (SSSR count). The van der Waals surface area contributed by atoms with Crippen LogP contribution in [0.15, 0.2) is 53.4 Å². The first kappa shape index (κ1) is 21.1. The fraction of sp³-hybridized carbons (Fsp3) is 0.333. The van der Waals surface area contributed by atoms with E-state index in [0.29, 0.717) is 24.5 Å². The van der Waals surface area contributed by atoms with E-state index >= 15 is 0 Å². The molecular formula is C21H22ClN3O3S2. The van der Waals surface area contributed by atoms with Gasteiger partial charge in [-0.3, -0.25) is 4.79 Å². The molecule has 1 aliphatic rings. The van der Waals surface area contributed by atoms with Crippen LogP contribution in [-0.4, -0.2) is 56.1 Å². The van der Waals surface area contributed by atoms with Crippen molar-refractivity contribution in [3.05, 3.63) is 53.6 Å². The second-order valence-electron chi connectivity index (χ2n) is 7.21. The van der Waals surface area contributed by atoms with Gasteiger partial charge in [0.05, 0.1) is 20.9 Å². The third-order valence-corrected chi connectivity index (χ3v) is 8.33. The molecule has 1 saturated heterocycles. The highest BCUT2D eigenvalue weighted by Gasteiger charge is 2.23. The monoisotopic (exact) mass is 463 g/mol. The standard InChI is InChI=1S/C21H22ClN3O3S2/c22-16-7-9-17(10-8-16)30(27,28)15-3-6-20(26)24-11-13-25(14-12-24)21-23-18-4-1-2-5-19(18)29-21/h1-2,4-5,7-10H,3,6,11-15H2. The molecule has 0 spiro atoms. The summed E-state index contributed by atoms with van der Waals surface area (Å²) in [5, 5.41) is 1.48. The minimum atomic E-state index is -3.41. The molecule has 0 radical (unpaired) electrons. The Bertz CT molecular complexity index is 1100. The van der Waals surface area contributed by atoms with Gasteiger partial charge in [0, 0.05) is 37.6 Å². The summed E-state index contributed by atoms with van der Waals surface area (Å²) in [7, 11) is -3.41. The Kier molecular flexibility index (Phi) is 6.26. The van der Waals surface area contributed by atoms with E-state index in [2.05, 4.69) is 16.0 Å². The van der Waals surface area contributed by atoms with Gasteiger partial charge in [-0.25, -0.2) is 13.4 Å². The summed E-state index contributed by atoms with van der Waals surface area (Å²) in [6.07, 6.45) is 0.538. The molecule has 0 saturated carbocycles. The molecule has 3 aromatic rings. The van der Waals surface area contributed by atoms with Crippen LogP contribution in [0.3, 0.4) is 0 Å². The van der Waals surface area contributed by atoms with Crippen molar-refractivity contribution in [2.75, 3.05) is 36.8 Å². The largest absolute Gasteiger partial charge is 0.345 e. The first-order chi connectivity index (χ1) is 14.4. The summed E-state index contributed by atoms with van der Waals surface area (Å²) in [5.74, 6) is -0.0447. The molecule has 2 aromatic carbocycles. The number of sulfone groups is 1. The van der Waals surface area contributed by atoms with E-state index in [1.807, 2.05) is 23.1 Å². The number of piperazine rings is 1. The zero-order chi connectivity index (χ0) is 21.1. The highest BCUT2D eigenvalue weighted by Crippen LogP contribution is 2.29. The average molecular weight is 464 g/mol. The van der Waals surface area contributed by atoms with Crippen molar-refractivity contribution in [2.24, 2.45) is 0 Å². The van der Waals surface area contributed by atoms with Crippen LogP contribution in [0, 0.1) is 0 Å². The number of amides is 1. The van der Waals surface area contributed by atoms with E-state index in [9.17, 15) is 13.2 Å². The van der Waals surface area contributed by atoms with Crippen LogP contribution in [0.5, 0.6) is 0 Å². The Morgan fingerprint density at radius 3 is 2.43 bits per heavy atom. The third-order valence-electron chi connectivity index (χ3n) is 5.16. The summed E-state index contributed by atoms with van der Waals surface area (Å²) >= 11 is 7.48. The molecule has 6 nitrogen and oxygen atoms in total. The lowest BCUT2D eigenvalue weighted by molar-refractivity contribution is -0.131. The molecule has 9 heteroatoms. The van der Waals surface area contributed by atoms with E-state index in [0.717, 1.165) is 28.4 Å². The quantitative estimate of drug-likeness (QED) is 0.555. The summed E-state index contributed by atoms with van der Waals surface area (Å²) in [4.78, 5) is 21.5. The number of benzene rings is 2. The van der Waals surface area contributed by atoms with Gasteiger partial charge in [-0.15, -0.1) is 0 Å². The number of para-hydroxylation sites is 1. The normalized spacial score (nSPS) is 15.0. The third kappa shape index (κ3) is 4.77. The summed E-state index contributed by atoms with van der Waals surface area (Å²) in [6.45, 7) is 2.71. The van der Waals surface area contributed by atoms with Crippen molar-refractivity contribution >= 4 is 54.0 Å². The fourth-order valence-corrected chi connectivity index (χ4v) is 5.93. The van der Waals surface area contributed by atoms with Crippen LogP contribution in [0.25, 0.3) is 10.2 Å². The maximum Gasteiger partial charge on any atom is 0.222 e. The van der Waals surface area contributed by atoms with Crippen molar-refractivity contribution in [1.29, 1.82) is 0 Å². The van der Waals surface area contributed by atoms with Gasteiger partial charge in [0.2, 0.25) is 5.91 Å². The fourth-order valence-electron chi connectivity index (χ4n) is 3.47. The van der Waals surface area contributed by atoms with Crippen LogP contribution in [0.2, 0.25) is 5.02 Å². The molecule has 1 fully saturated rings. The molecule has 0 aliphatic carbocycles. The summed E-state index contributed by atoms with van der Waals surface area (Å²) < 4.78 is 25.9. The lowest BCUT2D eigenvalue weighted by Gasteiger charge is -2.34. The number of hydrogen-bond donors (Lipinski definition) is 0. The van der Waals surface area contributed by atoms with Gasteiger partial charge in [0.15, 0.2) is 15.0 Å². The van der Waals surface area contributed by atoms with Crippen molar-refractivity contribution < 1.29 is 13.2 Å². The molecule has 2 heterocycles. The lowest BCUT2D eigenvalue weighted by atomic mass is 10.2. The summed E-state index contributed by atoms with van der Waals surface area (Å²) in [5.41, 5.74) is 0.998. The predicted octanol–water partition coefficient (Wildman–Crippen LogP) is 3.85. The van der Waals surface area contributed by atoms with Crippen LogP contribution in [0.1, 0.15) is 12.8 Å². The van der Waals surface area contributed by atoms with Gasteiger partial charge in [-0.1, -0.05) is 35.1 Å². The SMILES string of the molecule is O=C(CCCS(=O)(=O)c1ccc(Cl)cc1)N1CCN(c2nc3ccccc3s2)CC1. The Morgan fingerprint density at radius 2 is 1.73 bits per heavy atom. The topological polar surface area (TPSA) is 70.6 Å². The second kappa shape index (κ2) is 8.91. The number of carbonyl (C=O) groups excluding carboxylic acids is 1. The Balaban J connectivity index is 1.26. The second-order valence-corrected chi connectivity index (χ2v) is 10.8. The van der Waals surface area contributed by atoms with Crippen LogP contribution < -0.4 is 4.90 Å².